The highest BCUT2D eigenvalue weighted by molar-refractivity contribution is 7.98. The van der Waals surface area contributed by atoms with E-state index in [1.807, 2.05) is 30.3 Å². The van der Waals surface area contributed by atoms with Crippen LogP contribution in [0.4, 0.5) is 0 Å². The zero-order valence-corrected chi connectivity index (χ0v) is 15.7. The predicted molar refractivity (Wildman–Crippen MR) is 102 cm³/mol. The lowest BCUT2D eigenvalue weighted by atomic mass is 10.1. The molecule has 0 unspecified atom stereocenters. The van der Waals surface area contributed by atoms with Gasteiger partial charge < -0.3 is 9.51 Å². The van der Waals surface area contributed by atoms with Gasteiger partial charge in [-0.3, -0.25) is 4.79 Å². The summed E-state index contributed by atoms with van der Waals surface area (Å²) in [7, 11) is 0. The first-order valence-corrected chi connectivity index (χ1v) is 9.56. The van der Waals surface area contributed by atoms with E-state index in [9.17, 15) is 4.79 Å². The first-order chi connectivity index (χ1) is 13.1. The van der Waals surface area contributed by atoms with Gasteiger partial charge in [0.2, 0.25) is 5.89 Å². The fraction of sp³-hybridized carbons (Fsp3) is 0.278. The molecule has 9 heteroatoms. The third kappa shape index (κ3) is 3.77. The molecule has 0 bridgehead atoms. The SMILES string of the molecule is CC(C)Cc1nc(CSc2nc3c(cnn3-c3ccccc3)c(=O)[nH]2)no1. The van der Waals surface area contributed by atoms with Gasteiger partial charge in [-0.15, -0.1) is 0 Å². The number of aromatic nitrogens is 6. The second kappa shape index (κ2) is 7.36. The van der Waals surface area contributed by atoms with Crippen LogP contribution in [0.5, 0.6) is 0 Å². The molecule has 0 saturated carbocycles. The van der Waals surface area contributed by atoms with E-state index in [0.717, 1.165) is 12.1 Å². The number of rotatable bonds is 6. The van der Waals surface area contributed by atoms with Crippen LogP contribution in [0.2, 0.25) is 0 Å². The predicted octanol–water partition coefficient (Wildman–Crippen LogP) is 2.98. The summed E-state index contributed by atoms with van der Waals surface area (Å²) in [5.41, 5.74) is 1.14. The Balaban J connectivity index is 1.59. The number of hydrogen-bond acceptors (Lipinski definition) is 7. The summed E-state index contributed by atoms with van der Waals surface area (Å²) >= 11 is 1.35. The lowest BCUT2D eigenvalue weighted by molar-refractivity contribution is 0.360. The first kappa shape index (κ1) is 17.5. The number of nitrogens with zero attached hydrogens (tertiary/aromatic N) is 5. The van der Waals surface area contributed by atoms with E-state index in [0.29, 0.717) is 39.6 Å². The molecule has 0 amide bonds. The van der Waals surface area contributed by atoms with Gasteiger partial charge >= 0.3 is 0 Å². The monoisotopic (exact) mass is 382 g/mol. The van der Waals surface area contributed by atoms with Gasteiger partial charge in [0.05, 0.1) is 17.6 Å². The number of benzene rings is 1. The lowest BCUT2D eigenvalue weighted by Crippen LogP contribution is -2.09. The van der Waals surface area contributed by atoms with Crippen molar-refractivity contribution in [2.24, 2.45) is 5.92 Å². The second-order valence-electron chi connectivity index (χ2n) is 6.49. The maximum Gasteiger partial charge on any atom is 0.262 e. The molecule has 4 aromatic rings. The third-order valence-electron chi connectivity index (χ3n) is 3.85. The molecule has 4 rings (SSSR count). The number of thioether (sulfide) groups is 1. The Hall–Kier alpha value is -2.94. The van der Waals surface area contributed by atoms with Crippen LogP contribution in [0, 0.1) is 5.92 Å². The number of fused-ring (bicyclic) bond motifs is 1. The van der Waals surface area contributed by atoms with Crippen molar-refractivity contribution >= 4 is 22.8 Å². The van der Waals surface area contributed by atoms with Gasteiger partial charge in [-0.05, 0) is 18.1 Å². The fourth-order valence-electron chi connectivity index (χ4n) is 2.64. The molecule has 0 aliphatic heterocycles. The first-order valence-electron chi connectivity index (χ1n) is 8.58. The van der Waals surface area contributed by atoms with Crippen LogP contribution in [0.25, 0.3) is 16.7 Å². The van der Waals surface area contributed by atoms with Crippen molar-refractivity contribution in [3.63, 3.8) is 0 Å². The van der Waals surface area contributed by atoms with Gasteiger partial charge in [0.15, 0.2) is 16.6 Å². The quantitative estimate of drug-likeness (QED) is 0.404. The molecule has 1 aromatic carbocycles. The van der Waals surface area contributed by atoms with Crippen molar-refractivity contribution in [1.29, 1.82) is 0 Å². The molecule has 0 fully saturated rings. The molecule has 1 N–H and O–H groups in total. The van der Waals surface area contributed by atoms with E-state index in [4.69, 9.17) is 4.52 Å². The number of para-hydroxylation sites is 1. The fourth-order valence-corrected chi connectivity index (χ4v) is 3.34. The smallest absolute Gasteiger partial charge is 0.262 e. The second-order valence-corrected chi connectivity index (χ2v) is 7.46. The molecule has 0 atom stereocenters. The van der Waals surface area contributed by atoms with Crippen LogP contribution >= 0.6 is 11.8 Å². The van der Waals surface area contributed by atoms with Crippen LogP contribution in [0.15, 0.2) is 51.0 Å². The van der Waals surface area contributed by atoms with E-state index in [1.165, 1.54) is 18.0 Å². The Morgan fingerprint density at radius 2 is 2.04 bits per heavy atom. The molecule has 27 heavy (non-hydrogen) atoms. The van der Waals surface area contributed by atoms with Crippen LogP contribution < -0.4 is 5.56 Å². The average Bonchev–Trinajstić information content (AvgIpc) is 3.27. The summed E-state index contributed by atoms with van der Waals surface area (Å²) < 4.78 is 6.90. The zero-order chi connectivity index (χ0) is 18.8. The molecular formula is C18H18N6O2S. The summed E-state index contributed by atoms with van der Waals surface area (Å²) in [6.07, 6.45) is 2.27. The van der Waals surface area contributed by atoms with E-state index in [1.54, 1.807) is 4.68 Å². The van der Waals surface area contributed by atoms with E-state index < -0.39 is 0 Å². The molecule has 3 heterocycles. The molecule has 3 aromatic heterocycles. The molecule has 8 nitrogen and oxygen atoms in total. The Morgan fingerprint density at radius 1 is 1.22 bits per heavy atom. The zero-order valence-electron chi connectivity index (χ0n) is 14.9. The van der Waals surface area contributed by atoms with Gasteiger partial charge in [0.25, 0.3) is 5.56 Å². The number of hydrogen-bond donors (Lipinski definition) is 1. The van der Waals surface area contributed by atoms with Crippen molar-refractivity contribution in [3.05, 3.63) is 58.6 Å². The van der Waals surface area contributed by atoms with E-state index in [2.05, 4.69) is 39.1 Å². The van der Waals surface area contributed by atoms with Crippen LogP contribution in [0.1, 0.15) is 25.6 Å². The van der Waals surface area contributed by atoms with Crippen molar-refractivity contribution in [1.82, 2.24) is 29.9 Å². The summed E-state index contributed by atoms with van der Waals surface area (Å²) in [5, 5.41) is 9.21. The molecule has 0 aliphatic rings. The van der Waals surface area contributed by atoms with Crippen molar-refractivity contribution in [3.8, 4) is 5.69 Å². The lowest BCUT2D eigenvalue weighted by Gasteiger charge is -2.03. The van der Waals surface area contributed by atoms with Gasteiger partial charge in [-0.1, -0.05) is 49.0 Å². The van der Waals surface area contributed by atoms with Crippen LogP contribution in [-0.4, -0.2) is 29.9 Å². The topological polar surface area (TPSA) is 102 Å². The molecular weight excluding hydrogens is 364 g/mol. The van der Waals surface area contributed by atoms with Crippen molar-refractivity contribution < 1.29 is 4.52 Å². The van der Waals surface area contributed by atoms with Gasteiger partial charge in [-0.2, -0.15) is 10.1 Å². The van der Waals surface area contributed by atoms with E-state index in [-0.39, 0.29) is 5.56 Å². The van der Waals surface area contributed by atoms with Crippen LogP contribution in [-0.2, 0) is 12.2 Å². The molecule has 0 radical (unpaired) electrons. The average molecular weight is 382 g/mol. The molecule has 138 valence electrons. The number of nitrogens with one attached hydrogen (secondary N) is 1. The Labute approximate surface area is 159 Å². The summed E-state index contributed by atoms with van der Waals surface area (Å²) in [4.78, 5) is 24.1. The minimum Gasteiger partial charge on any atom is -0.339 e. The molecule has 0 aliphatic carbocycles. The molecule has 0 saturated heterocycles. The Morgan fingerprint density at radius 3 is 2.81 bits per heavy atom. The maximum absolute atomic E-state index is 12.4. The maximum atomic E-state index is 12.4. The number of H-pyrrole nitrogens is 1. The standard InChI is InChI=1S/C18H18N6O2S/c1-11(2)8-15-20-14(23-26-15)10-27-18-21-16-13(17(25)22-18)9-19-24(16)12-6-4-3-5-7-12/h3-7,9,11H,8,10H2,1-2H3,(H,21,22,25). The Bertz CT molecular complexity index is 1120. The molecule has 0 spiro atoms. The highest BCUT2D eigenvalue weighted by atomic mass is 32.2. The van der Waals surface area contributed by atoms with Gasteiger partial charge in [0.1, 0.15) is 5.39 Å². The normalized spacial score (nSPS) is 11.5. The minimum absolute atomic E-state index is 0.224. The van der Waals surface area contributed by atoms with Crippen molar-refractivity contribution in [2.75, 3.05) is 0 Å². The van der Waals surface area contributed by atoms with Crippen molar-refractivity contribution in [2.45, 2.75) is 31.2 Å². The Kier molecular flexibility index (Phi) is 4.76. The third-order valence-corrected chi connectivity index (χ3v) is 4.72. The van der Waals surface area contributed by atoms with Crippen LogP contribution in [0.3, 0.4) is 0 Å². The summed E-state index contributed by atoms with van der Waals surface area (Å²) in [6, 6.07) is 9.58. The highest BCUT2D eigenvalue weighted by Crippen LogP contribution is 2.20. The van der Waals surface area contributed by atoms with Gasteiger partial charge in [0, 0.05) is 6.42 Å². The summed E-state index contributed by atoms with van der Waals surface area (Å²) in [5.74, 6) is 2.11. The largest absolute Gasteiger partial charge is 0.339 e. The number of aromatic amines is 1. The highest BCUT2D eigenvalue weighted by Gasteiger charge is 2.13. The minimum atomic E-state index is -0.224. The van der Waals surface area contributed by atoms with E-state index >= 15 is 0 Å². The summed E-state index contributed by atoms with van der Waals surface area (Å²) in [6.45, 7) is 4.19. The van der Waals surface area contributed by atoms with Gasteiger partial charge in [-0.25, -0.2) is 9.67 Å².